The third kappa shape index (κ3) is 9.92. The van der Waals surface area contributed by atoms with E-state index < -0.39 is 31.0 Å². The molecule has 0 aliphatic carbocycles. The standard InChI is InChI=1S/C13H27NO5S2.Na/c1-2-3-4-5-6-14(13(20)21)7-9(16)11(18)12(19)10(17)8-15;/h9-12,15-19H,2-8H2,1H3,(H,20,21);/q;+1/p-1/t9-,10+,11+,12+;/m0./s1. The second-order valence-electron chi connectivity index (χ2n) is 5.07. The zero-order valence-electron chi connectivity index (χ0n) is 13.3. The molecule has 0 aliphatic rings. The second-order valence-corrected chi connectivity index (χ2v) is 6.10. The van der Waals surface area contributed by atoms with Gasteiger partial charge in [0.15, 0.2) is 0 Å². The third-order valence-corrected chi connectivity index (χ3v) is 3.79. The monoisotopic (exact) mass is 363 g/mol. The fraction of sp³-hybridized carbons (Fsp3) is 0.923. The van der Waals surface area contributed by atoms with Crippen molar-refractivity contribution in [2.45, 2.75) is 57.0 Å². The maximum atomic E-state index is 9.90. The topological polar surface area (TPSA) is 104 Å². The summed E-state index contributed by atoms with van der Waals surface area (Å²) in [5.41, 5.74) is 0. The van der Waals surface area contributed by atoms with Gasteiger partial charge in [0, 0.05) is 13.1 Å². The summed E-state index contributed by atoms with van der Waals surface area (Å²) < 4.78 is 0.190. The molecule has 0 amide bonds. The van der Waals surface area contributed by atoms with Gasteiger partial charge >= 0.3 is 29.6 Å². The summed E-state index contributed by atoms with van der Waals surface area (Å²) in [7, 11) is 0. The van der Waals surface area contributed by atoms with Gasteiger partial charge in [-0.25, -0.2) is 0 Å². The van der Waals surface area contributed by atoms with E-state index in [4.69, 9.17) is 30.0 Å². The number of thiocarbonyl (C=S) groups is 1. The molecule has 0 aromatic heterocycles. The number of hydrogen-bond acceptors (Lipinski definition) is 7. The summed E-state index contributed by atoms with van der Waals surface area (Å²) in [4.78, 5) is 1.59. The summed E-state index contributed by atoms with van der Waals surface area (Å²) >= 11 is 9.87. The molecular formula is C13H26NNaO5S2. The van der Waals surface area contributed by atoms with E-state index >= 15 is 0 Å². The van der Waals surface area contributed by atoms with Crippen LogP contribution in [-0.4, -0.2) is 78.9 Å². The van der Waals surface area contributed by atoms with Crippen molar-refractivity contribution in [1.82, 2.24) is 4.90 Å². The maximum absolute atomic E-state index is 9.90. The van der Waals surface area contributed by atoms with Gasteiger partial charge in [-0.2, -0.15) is 0 Å². The van der Waals surface area contributed by atoms with Crippen LogP contribution in [0.5, 0.6) is 0 Å². The van der Waals surface area contributed by atoms with E-state index in [1.54, 1.807) is 4.90 Å². The fourth-order valence-corrected chi connectivity index (χ4v) is 2.22. The van der Waals surface area contributed by atoms with E-state index in [1.165, 1.54) is 0 Å². The van der Waals surface area contributed by atoms with Gasteiger partial charge in [-0.1, -0.05) is 30.5 Å². The Morgan fingerprint density at radius 1 is 1.05 bits per heavy atom. The average Bonchev–Trinajstić information content (AvgIpc) is 2.47. The minimum atomic E-state index is -1.63. The summed E-state index contributed by atoms with van der Waals surface area (Å²) in [5, 5.41) is 47.2. The summed E-state index contributed by atoms with van der Waals surface area (Å²) in [5.74, 6) is 0. The molecule has 0 rings (SSSR count). The number of rotatable bonds is 11. The Kier molecular flexibility index (Phi) is 16.3. The van der Waals surface area contributed by atoms with Crippen LogP contribution < -0.4 is 29.6 Å². The summed E-state index contributed by atoms with van der Waals surface area (Å²) in [6.45, 7) is 1.95. The molecule has 4 atom stereocenters. The molecule has 22 heavy (non-hydrogen) atoms. The van der Waals surface area contributed by atoms with Crippen LogP contribution in [-0.2, 0) is 12.6 Å². The predicted octanol–water partition coefficient (Wildman–Crippen LogP) is -3.86. The molecule has 0 fully saturated rings. The van der Waals surface area contributed by atoms with Crippen molar-refractivity contribution in [3.8, 4) is 0 Å². The number of unbranched alkanes of at least 4 members (excludes halogenated alkanes) is 3. The molecule has 0 spiro atoms. The first-order valence-corrected chi connectivity index (χ1v) is 7.95. The van der Waals surface area contributed by atoms with E-state index in [1.807, 2.05) is 0 Å². The minimum absolute atomic E-state index is 0. The van der Waals surface area contributed by atoms with Crippen molar-refractivity contribution >= 4 is 29.2 Å². The second kappa shape index (κ2) is 14.3. The van der Waals surface area contributed by atoms with E-state index in [0.29, 0.717) is 6.54 Å². The molecule has 0 bridgehead atoms. The van der Waals surface area contributed by atoms with E-state index in [2.05, 4.69) is 6.92 Å². The van der Waals surface area contributed by atoms with Crippen LogP contribution in [0, 0.1) is 0 Å². The molecule has 0 saturated carbocycles. The van der Waals surface area contributed by atoms with Gasteiger partial charge < -0.3 is 55.3 Å². The number of aliphatic hydroxyl groups is 5. The van der Waals surface area contributed by atoms with Crippen molar-refractivity contribution < 1.29 is 55.1 Å². The predicted molar refractivity (Wildman–Crippen MR) is 86.8 cm³/mol. The van der Waals surface area contributed by atoms with Crippen LogP contribution >= 0.6 is 12.2 Å². The minimum Gasteiger partial charge on any atom is -0.411 e. The summed E-state index contributed by atoms with van der Waals surface area (Å²) in [6, 6.07) is 0. The van der Waals surface area contributed by atoms with Crippen LogP contribution in [0.1, 0.15) is 32.6 Å². The van der Waals surface area contributed by atoms with E-state index in [-0.39, 0.29) is 40.4 Å². The molecule has 126 valence electrons. The third-order valence-electron chi connectivity index (χ3n) is 3.27. The van der Waals surface area contributed by atoms with Gasteiger partial charge in [-0.15, -0.1) is 0 Å². The Morgan fingerprint density at radius 2 is 1.59 bits per heavy atom. The maximum Gasteiger partial charge on any atom is 1.00 e. The molecule has 6 nitrogen and oxygen atoms in total. The van der Waals surface area contributed by atoms with Crippen molar-refractivity contribution in [2.75, 3.05) is 19.7 Å². The SMILES string of the molecule is CCCCCCN(C[C@H](O)[C@@H](O)[C@H](O)[C@H](O)CO)C(=S)[S-].[Na+]. The van der Waals surface area contributed by atoms with Crippen molar-refractivity contribution in [2.24, 2.45) is 0 Å². The van der Waals surface area contributed by atoms with Gasteiger partial charge in [0.05, 0.1) is 12.7 Å². The largest absolute Gasteiger partial charge is 1.00 e. The quantitative estimate of drug-likeness (QED) is 0.110. The first-order valence-electron chi connectivity index (χ1n) is 7.14. The summed E-state index contributed by atoms with van der Waals surface area (Å²) in [6.07, 6.45) is -1.96. The van der Waals surface area contributed by atoms with Crippen molar-refractivity contribution in [3.63, 3.8) is 0 Å². The van der Waals surface area contributed by atoms with Crippen molar-refractivity contribution in [3.05, 3.63) is 0 Å². The molecule has 0 saturated heterocycles. The van der Waals surface area contributed by atoms with E-state index in [0.717, 1.165) is 25.7 Å². The van der Waals surface area contributed by atoms with Crippen molar-refractivity contribution in [1.29, 1.82) is 0 Å². The number of nitrogens with zero attached hydrogens (tertiary/aromatic N) is 1. The van der Waals surface area contributed by atoms with Crippen LogP contribution in [0.2, 0.25) is 0 Å². The average molecular weight is 363 g/mol. The molecule has 0 aromatic rings. The molecule has 0 radical (unpaired) electrons. The Labute approximate surface area is 165 Å². The Hall–Kier alpha value is 0.910. The van der Waals surface area contributed by atoms with E-state index in [9.17, 15) is 20.4 Å². The molecular weight excluding hydrogens is 337 g/mol. The molecule has 0 aromatic carbocycles. The molecule has 5 N–H and O–H groups in total. The van der Waals surface area contributed by atoms with Gasteiger partial charge in [-0.3, -0.25) is 0 Å². The van der Waals surface area contributed by atoms with Crippen LogP contribution in [0.3, 0.4) is 0 Å². The fourth-order valence-electron chi connectivity index (χ4n) is 1.88. The molecule has 0 heterocycles. The Balaban J connectivity index is 0. The smallest absolute Gasteiger partial charge is 0.411 e. The first-order chi connectivity index (χ1) is 9.84. The Morgan fingerprint density at radius 3 is 2.05 bits per heavy atom. The van der Waals surface area contributed by atoms with Crippen LogP contribution in [0.25, 0.3) is 0 Å². The molecule has 0 aliphatic heterocycles. The number of hydrogen-bond donors (Lipinski definition) is 5. The van der Waals surface area contributed by atoms with Crippen LogP contribution in [0.15, 0.2) is 0 Å². The number of aliphatic hydroxyl groups excluding tert-OH is 5. The normalized spacial score (nSPS) is 16.3. The zero-order valence-corrected chi connectivity index (χ0v) is 16.9. The first kappa shape index (κ1) is 25.2. The molecule has 0 unspecified atom stereocenters. The van der Waals surface area contributed by atoms with Gasteiger partial charge in [-0.05, 0) is 6.42 Å². The zero-order chi connectivity index (χ0) is 16.4. The molecule has 9 heteroatoms. The van der Waals surface area contributed by atoms with Gasteiger partial charge in [0.1, 0.15) is 18.3 Å². The van der Waals surface area contributed by atoms with Gasteiger partial charge in [0.2, 0.25) is 0 Å². The Bertz CT molecular complexity index is 302. The van der Waals surface area contributed by atoms with Crippen LogP contribution in [0.4, 0.5) is 0 Å². The van der Waals surface area contributed by atoms with Gasteiger partial charge in [0.25, 0.3) is 0 Å².